The zero-order valence-corrected chi connectivity index (χ0v) is 8.72. The molecule has 1 N–H and O–H groups in total. The van der Waals surface area contributed by atoms with Crippen molar-refractivity contribution >= 4 is 6.16 Å². The molecule has 0 spiro atoms. The Balaban J connectivity index is 3.70. The van der Waals surface area contributed by atoms with Crippen molar-refractivity contribution in [3.8, 4) is 0 Å². The average molecular weight is 208 g/mol. The highest BCUT2D eigenvalue weighted by Gasteiger charge is 2.15. The van der Waals surface area contributed by atoms with Crippen molar-refractivity contribution in [1.29, 1.82) is 0 Å². The smallest absolute Gasteiger partial charge is 0.438 e. The first kappa shape index (κ1) is 13.2. The van der Waals surface area contributed by atoms with E-state index in [4.69, 9.17) is 14.6 Å². The van der Waals surface area contributed by atoms with Gasteiger partial charge in [-0.25, -0.2) is 4.79 Å². The number of hydrogen-bond acceptors (Lipinski definition) is 6. The van der Waals surface area contributed by atoms with E-state index in [1.807, 2.05) is 0 Å². The summed E-state index contributed by atoms with van der Waals surface area (Å²) in [6.45, 7) is 3.48. The van der Waals surface area contributed by atoms with Crippen LogP contribution >= 0.6 is 0 Å². The molecular weight excluding hydrogens is 192 g/mol. The molecule has 0 heterocycles. The Morgan fingerprint density at radius 1 is 1.21 bits per heavy atom. The first-order valence-corrected chi connectivity index (χ1v) is 4.19. The molecule has 0 aliphatic carbocycles. The first-order valence-electron chi connectivity index (χ1n) is 4.19. The fourth-order valence-corrected chi connectivity index (χ4v) is 0.640. The van der Waals surface area contributed by atoms with Gasteiger partial charge in [-0.1, -0.05) is 0 Å². The molecule has 0 fully saturated rings. The SMILES string of the molecule is COC(=O)OC(C)OC(O)OC(C)C. The van der Waals surface area contributed by atoms with Gasteiger partial charge in [0, 0.05) is 0 Å². The van der Waals surface area contributed by atoms with Gasteiger partial charge in [0.05, 0.1) is 13.2 Å². The molecule has 0 saturated carbocycles. The third-order valence-corrected chi connectivity index (χ3v) is 1.13. The molecule has 0 aromatic rings. The number of carbonyl (C=O) groups is 1. The molecule has 2 atom stereocenters. The zero-order chi connectivity index (χ0) is 11.1. The van der Waals surface area contributed by atoms with Crippen molar-refractivity contribution in [1.82, 2.24) is 0 Å². The van der Waals surface area contributed by atoms with Gasteiger partial charge in [-0.05, 0) is 20.8 Å². The highest BCUT2D eigenvalue weighted by atomic mass is 16.9. The molecule has 0 saturated heterocycles. The summed E-state index contributed by atoms with van der Waals surface area (Å²) in [5.41, 5.74) is 0. The first-order chi connectivity index (χ1) is 6.45. The van der Waals surface area contributed by atoms with Gasteiger partial charge in [0.2, 0.25) is 6.29 Å². The summed E-state index contributed by atoms with van der Waals surface area (Å²) in [5.74, 6) is 0. The Morgan fingerprint density at radius 2 is 1.79 bits per heavy atom. The lowest BCUT2D eigenvalue weighted by atomic mass is 10.5. The third-order valence-electron chi connectivity index (χ3n) is 1.13. The largest absolute Gasteiger partial charge is 0.510 e. The summed E-state index contributed by atoms with van der Waals surface area (Å²) < 4.78 is 18.3. The maximum atomic E-state index is 10.6. The van der Waals surface area contributed by atoms with E-state index in [-0.39, 0.29) is 6.10 Å². The van der Waals surface area contributed by atoms with E-state index in [1.165, 1.54) is 14.0 Å². The second kappa shape index (κ2) is 6.58. The minimum Gasteiger partial charge on any atom is -0.438 e. The molecule has 0 rings (SSSR count). The van der Waals surface area contributed by atoms with Crippen LogP contribution in [0, 0.1) is 0 Å². The number of carbonyl (C=O) groups excluding carboxylic acids is 1. The maximum Gasteiger partial charge on any atom is 0.510 e. The van der Waals surface area contributed by atoms with E-state index in [9.17, 15) is 4.79 Å². The average Bonchev–Trinajstić information content (AvgIpc) is 2.01. The van der Waals surface area contributed by atoms with Crippen LogP contribution in [0.1, 0.15) is 20.8 Å². The number of methoxy groups -OCH3 is 1. The van der Waals surface area contributed by atoms with Crippen LogP contribution in [0.2, 0.25) is 0 Å². The quantitative estimate of drug-likeness (QED) is 0.533. The van der Waals surface area contributed by atoms with Gasteiger partial charge in [0.25, 0.3) is 6.48 Å². The van der Waals surface area contributed by atoms with E-state index in [0.29, 0.717) is 0 Å². The third kappa shape index (κ3) is 6.64. The van der Waals surface area contributed by atoms with Gasteiger partial charge in [0.15, 0.2) is 0 Å². The standard InChI is InChI=1S/C8H16O6/c1-5(2)12-8(10)14-6(3)13-7(9)11-4/h5-6,8,10H,1-4H3. The molecule has 0 aromatic heterocycles. The predicted molar refractivity (Wildman–Crippen MR) is 46.3 cm³/mol. The fraction of sp³-hybridized carbons (Fsp3) is 0.875. The van der Waals surface area contributed by atoms with Crippen LogP contribution < -0.4 is 0 Å². The molecule has 0 aromatic carbocycles. The number of aliphatic hydroxyl groups excluding tert-OH is 1. The fourth-order valence-electron chi connectivity index (χ4n) is 0.640. The lowest BCUT2D eigenvalue weighted by Crippen LogP contribution is -2.28. The van der Waals surface area contributed by atoms with Crippen LogP contribution in [0.15, 0.2) is 0 Å². The summed E-state index contributed by atoms with van der Waals surface area (Å²) in [4.78, 5) is 10.6. The Labute approximate surface area is 82.7 Å². The van der Waals surface area contributed by atoms with Gasteiger partial charge < -0.3 is 19.3 Å². The van der Waals surface area contributed by atoms with Crippen molar-refractivity contribution < 1.29 is 28.8 Å². The summed E-state index contributed by atoms with van der Waals surface area (Å²) >= 11 is 0. The van der Waals surface area contributed by atoms with Gasteiger partial charge in [-0.2, -0.15) is 0 Å². The van der Waals surface area contributed by atoms with Gasteiger partial charge >= 0.3 is 6.16 Å². The number of rotatable bonds is 5. The van der Waals surface area contributed by atoms with Gasteiger partial charge in [0.1, 0.15) is 0 Å². The highest BCUT2D eigenvalue weighted by molar-refractivity contribution is 5.59. The van der Waals surface area contributed by atoms with Crippen LogP contribution in [0.25, 0.3) is 0 Å². The van der Waals surface area contributed by atoms with Crippen LogP contribution in [0.4, 0.5) is 4.79 Å². The molecule has 14 heavy (non-hydrogen) atoms. The van der Waals surface area contributed by atoms with Crippen molar-refractivity contribution in [2.24, 2.45) is 0 Å². The van der Waals surface area contributed by atoms with E-state index in [2.05, 4.69) is 9.47 Å². The Hall–Kier alpha value is -0.850. The highest BCUT2D eigenvalue weighted by Crippen LogP contribution is 2.03. The molecule has 2 unspecified atom stereocenters. The molecule has 0 aliphatic rings. The molecule has 0 radical (unpaired) electrons. The van der Waals surface area contributed by atoms with Crippen LogP contribution in [0.5, 0.6) is 0 Å². The van der Waals surface area contributed by atoms with E-state index in [0.717, 1.165) is 0 Å². The molecule has 0 amide bonds. The molecule has 0 aliphatic heterocycles. The van der Waals surface area contributed by atoms with Crippen LogP contribution in [-0.2, 0) is 18.9 Å². The molecule has 6 nitrogen and oxygen atoms in total. The van der Waals surface area contributed by atoms with E-state index >= 15 is 0 Å². The normalized spacial score (nSPS) is 15.0. The summed E-state index contributed by atoms with van der Waals surface area (Å²) in [6.07, 6.45) is -2.00. The minimum atomic E-state index is -1.42. The van der Waals surface area contributed by atoms with Crippen LogP contribution in [-0.4, -0.2) is 37.2 Å². The second-order valence-electron chi connectivity index (χ2n) is 2.77. The van der Waals surface area contributed by atoms with Crippen molar-refractivity contribution in [2.45, 2.75) is 39.6 Å². The monoisotopic (exact) mass is 208 g/mol. The maximum absolute atomic E-state index is 10.6. The number of hydrogen-bond donors (Lipinski definition) is 1. The Kier molecular flexibility index (Phi) is 6.18. The van der Waals surface area contributed by atoms with Crippen molar-refractivity contribution in [3.05, 3.63) is 0 Å². The summed E-state index contributed by atoms with van der Waals surface area (Å²) in [5, 5.41) is 9.10. The lowest BCUT2D eigenvalue weighted by molar-refractivity contribution is -0.321. The van der Waals surface area contributed by atoms with Gasteiger partial charge in [-0.3, -0.25) is 4.74 Å². The number of aliphatic hydroxyl groups is 1. The Morgan fingerprint density at radius 3 is 2.21 bits per heavy atom. The van der Waals surface area contributed by atoms with Crippen molar-refractivity contribution in [3.63, 3.8) is 0 Å². The Bertz CT molecular complexity index is 169. The number of ether oxygens (including phenoxy) is 4. The lowest BCUT2D eigenvalue weighted by Gasteiger charge is -2.19. The predicted octanol–water partition coefficient (Wildman–Crippen LogP) is 0.833. The topological polar surface area (TPSA) is 74.2 Å². The molecular formula is C8H16O6. The van der Waals surface area contributed by atoms with Crippen LogP contribution in [0.3, 0.4) is 0 Å². The molecule has 84 valence electrons. The zero-order valence-electron chi connectivity index (χ0n) is 8.72. The van der Waals surface area contributed by atoms with Crippen molar-refractivity contribution in [2.75, 3.05) is 7.11 Å². The van der Waals surface area contributed by atoms with Gasteiger partial charge in [-0.15, -0.1) is 0 Å². The molecule has 0 bridgehead atoms. The molecule has 6 heteroatoms. The van der Waals surface area contributed by atoms with E-state index in [1.54, 1.807) is 13.8 Å². The summed E-state index contributed by atoms with van der Waals surface area (Å²) in [6, 6.07) is 0. The summed E-state index contributed by atoms with van der Waals surface area (Å²) in [7, 11) is 1.18. The second-order valence-corrected chi connectivity index (χ2v) is 2.77. The van der Waals surface area contributed by atoms with E-state index < -0.39 is 18.9 Å². The minimum absolute atomic E-state index is 0.185.